The molecule has 3 aromatic carbocycles. The average molecular weight is 645 g/mol. The van der Waals surface area contributed by atoms with Gasteiger partial charge in [-0.05, 0) is 113 Å². The van der Waals surface area contributed by atoms with Crippen molar-refractivity contribution >= 4 is 17.5 Å². The lowest BCUT2D eigenvalue weighted by Crippen LogP contribution is -2.41. The van der Waals surface area contributed by atoms with Crippen molar-refractivity contribution in [3.8, 4) is 11.5 Å². The van der Waals surface area contributed by atoms with Crippen LogP contribution in [0.1, 0.15) is 56.1 Å². The lowest BCUT2D eigenvalue weighted by molar-refractivity contribution is -0.138. The van der Waals surface area contributed by atoms with E-state index in [2.05, 4.69) is 72.9 Å². The van der Waals surface area contributed by atoms with Crippen molar-refractivity contribution in [2.24, 2.45) is 29.1 Å². The van der Waals surface area contributed by atoms with E-state index in [9.17, 15) is 9.59 Å². The molecule has 0 aromatic heterocycles. The molecule has 0 saturated heterocycles. The molecule has 0 bridgehead atoms. The van der Waals surface area contributed by atoms with Gasteiger partial charge in [-0.15, -0.1) is 0 Å². The third kappa shape index (κ3) is 4.95. The Morgan fingerprint density at radius 2 is 1.37 bits per heavy atom. The Balaban J connectivity index is 1.14. The minimum Gasteiger partial charge on any atom is -0.427 e. The van der Waals surface area contributed by atoms with Gasteiger partial charge in [-0.1, -0.05) is 109 Å². The molecule has 1 fully saturated rings. The number of benzene rings is 3. The normalized spacial score (nSPS) is 29.6. The molecule has 6 aliphatic rings. The van der Waals surface area contributed by atoms with Crippen molar-refractivity contribution in [2.45, 2.75) is 50.4 Å². The molecule has 0 heterocycles. The quantitative estimate of drug-likeness (QED) is 0.172. The molecule has 4 unspecified atom stereocenters. The lowest BCUT2D eigenvalue weighted by Gasteiger charge is -2.44. The third-order valence-corrected chi connectivity index (χ3v) is 12.2. The van der Waals surface area contributed by atoms with Crippen LogP contribution >= 0.6 is 0 Å². The molecule has 3 aromatic rings. The fourth-order valence-electron chi connectivity index (χ4n) is 10.3. The fourth-order valence-corrected chi connectivity index (χ4v) is 10.3. The van der Waals surface area contributed by atoms with Crippen molar-refractivity contribution in [1.82, 2.24) is 0 Å². The first-order valence-corrected chi connectivity index (χ1v) is 17.8. The van der Waals surface area contributed by atoms with E-state index in [-0.39, 0.29) is 30.7 Å². The van der Waals surface area contributed by atoms with Crippen LogP contribution in [-0.2, 0) is 15.0 Å². The second-order valence-corrected chi connectivity index (χ2v) is 14.6. The van der Waals surface area contributed by atoms with Crippen LogP contribution in [-0.4, -0.2) is 11.9 Å². The summed E-state index contributed by atoms with van der Waals surface area (Å²) in [5.74, 6) is 1.98. The van der Waals surface area contributed by atoms with Crippen molar-refractivity contribution in [1.29, 1.82) is 0 Å². The highest BCUT2D eigenvalue weighted by Crippen LogP contribution is 2.71. The minimum atomic E-state index is -0.452. The molecule has 0 spiro atoms. The Bertz CT molecular complexity index is 2010. The topological polar surface area (TPSA) is 52.6 Å². The molecule has 0 radical (unpaired) electrons. The minimum absolute atomic E-state index is 0.178. The Morgan fingerprint density at radius 1 is 0.714 bits per heavy atom. The molecule has 0 N–H and O–H groups in total. The van der Waals surface area contributed by atoms with Gasteiger partial charge in [0.2, 0.25) is 0 Å². The highest BCUT2D eigenvalue weighted by atomic mass is 16.5. The van der Waals surface area contributed by atoms with Crippen LogP contribution in [0.2, 0.25) is 0 Å². The summed E-state index contributed by atoms with van der Waals surface area (Å²) in [6.07, 6.45) is 23.1. The monoisotopic (exact) mass is 644 g/mol. The summed E-state index contributed by atoms with van der Waals surface area (Å²) in [5, 5.41) is 0. The molecule has 6 atom stereocenters. The third-order valence-electron chi connectivity index (χ3n) is 12.2. The maximum atomic E-state index is 14.1. The predicted molar refractivity (Wildman–Crippen MR) is 191 cm³/mol. The van der Waals surface area contributed by atoms with Crippen molar-refractivity contribution in [3.05, 3.63) is 161 Å². The fraction of sp³-hybridized carbons (Fsp3) is 0.289. The van der Waals surface area contributed by atoms with E-state index < -0.39 is 10.8 Å². The van der Waals surface area contributed by atoms with E-state index in [1.165, 1.54) is 33.4 Å². The molecule has 9 rings (SSSR count). The molecule has 6 aliphatic carbocycles. The van der Waals surface area contributed by atoms with Crippen LogP contribution in [0.15, 0.2) is 150 Å². The number of fused-ring (bicyclic) bond motifs is 5. The second kappa shape index (κ2) is 11.9. The Labute approximate surface area is 288 Å². The smallest absolute Gasteiger partial charge is 0.312 e. The van der Waals surface area contributed by atoms with Crippen LogP contribution in [0.5, 0.6) is 11.5 Å². The summed E-state index contributed by atoms with van der Waals surface area (Å²) < 4.78 is 12.1. The molecular formula is C45H40O4. The largest absolute Gasteiger partial charge is 0.427 e. The number of hydrogen-bond acceptors (Lipinski definition) is 4. The maximum absolute atomic E-state index is 14.1. The lowest BCUT2D eigenvalue weighted by atomic mass is 9.58. The number of esters is 2. The van der Waals surface area contributed by atoms with Gasteiger partial charge in [0.25, 0.3) is 0 Å². The zero-order chi connectivity index (χ0) is 33.0. The Hall–Kier alpha value is -4.96. The number of carbonyl (C=O) groups is 2. The van der Waals surface area contributed by atoms with Crippen LogP contribution in [0.4, 0.5) is 0 Å². The summed E-state index contributed by atoms with van der Waals surface area (Å²) in [4.78, 5) is 28.2. The summed E-state index contributed by atoms with van der Waals surface area (Å²) >= 11 is 0. The Kier molecular flexibility index (Phi) is 7.30. The first-order chi connectivity index (χ1) is 24.1. The summed E-state index contributed by atoms with van der Waals surface area (Å²) in [6.45, 7) is 0. The van der Waals surface area contributed by atoms with Gasteiger partial charge in [-0.3, -0.25) is 9.59 Å². The van der Waals surface area contributed by atoms with Crippen LogP contribution in [0, 0.1) is 29.1 Å². The van der Waals surface area contributed by atoms with Gasteiger partial charge in [-0.2, -0.15) is 0 Å². The Morgan fingerprint density at radius 3 is 2.12 bits per heavy atom. The van der Waals surface area contributed by atoms with Gasteiger partial charge < -0.3 is 9.47 Å². The summed E-state index contributed by atoms with van der Waals surface area (Å²) in [6, 6.07) is 27.6. The number of carbonyl (C=O) groups excluding carboxylic acids is 2. The zero-order valence-electron chi connectivity index (χ0n) is 27.6. The van der Waals surface area contributed by atoms with E-state index in [0.717, 1.165) is 32.1 Å². The van der Waals surface area contributed by atoms with Crippen LogP contribution in [0.3, 0.4) is 0 Å². The molecule has 4 nitrogen and oxygen atoms in total. The van der Waals surface area contributed by atoms with E-state index in [1.54, 1.807) is 0 Å². The highest BCUT2D eigenvalue weighted by molar-refractivity contribution is 5.83. The average Bonchev–Trinajstić information content (AvgIpc) is 3.83. The van der Waals surface area contributed by atoms with E-state index in [0.29, 0.717) is 29.3 Å². The first-order valence-electron chi connectivity index (χ1n) is 17.8. The van der Waals surface area contributed by atoms with Crippen LogP contribution in [0.25, 0.3) is 5.57 Å². The number of allylic oxidation sites excluding steroid dienone is 12. The van der Waals surface area contributed by atoms with E-state index in [4.69, 9.17) is 9.47 Å². The molecule has 1 saturated carbocycles. The zero-order valence-corrected chi connectivity index (χ0v) is 27.6. The van der Waals surface area contributed by atoms with Gasteiger partial charge >= 0.3 is 11.9 Å². The molecule has 0 amide bonds. The van der Waals surface area contributed by atoms with E-state index in [1.807, 2.05) is 60.7 Å². The highest BCUT2D eigenvalue weighted by Gasteiger charge is 2.66. The number of ether oxygens (including phenoxy) is 2. The predicted octanol–water partition coefficient (Wildman–Crippen LogP) is 9.67. The second-order valence-electron chi connectivity index (χ2n) is 14.6. The van der Waals surface area contributed by atoms with Gasteiger partial charge in [-0.25, -0.2) is 0 Å². The van der Waals surface area contributed by atoms with Gasteiger partial charge in [0.05, 0.1) is 12.8 Å². The summed E-state index contributed by atoms with van der Waals surface area (Å²) in [7, 11) is 0. The molecule has 4 heteroatoms. The standard InChI is InChI=1S/C45H40O4/c46-40(48-30-14-3-1-4-15-30)28-44(37-23-10-7-18-32(37)33-19-8-11-24-38(33)44)26-27-45(29-41(47)49-31-16-5-2-6-17-31)39-25-12-9-20-34(39)35-21-13-22-36-42(35)43(36)45/h1-7,9-18,20-22,24-25,36-37,42-43H,8,19,23,26-29H2/t36-,37?,42?,43?,44+,45?/m1/s1. The number of para-hydroxylation sites is 2. The van der Waals surface area contributed by atoms with Crippen LogP contribution < -0.4 is 9.47 Å². The van der Waals surface area contributed by atoms with Crippen molar-refractivity contribution < 1.29 is 19.1 Å². The molecule has 244 valence electrons. The van der Waals surface area contributed by atoms with Crippen molar-refractivity contribution in [3.63, 3.8) is 0 Å². The summed E-state index contributed by atoms with van der Waals surface area (Å²) in [5.41, 5.74) is 7.07. The van der Waals surface area contributed by atoms with Gasteiger partial charge in [0.1, 0.15) is 11.5 Å². The molecule has 0 aliphatic heterocycles. The number of rotatable bonds is 9. The number of hydrogen-bond donors (Lipinski definition) is 0. The van der Waals surface area contributed by atoms with Gasteiger partial charge in [0, 0.05) is 10.8 Å². The van der Waals surface area contributed by atoms with Crippen molar-refractivity contribution in [2.75, 3.05) is 0 Å². The SMILES string of the molecule is O=C(CC1(CC[C@@]2(CC(=O)Oc3ccccc3)C3=C(CCC=C3)C3=CC=CCC32)c2ccccc2C2=CC=C[C@@H]3C2C31)Oc1ccccc1. The van der Waals surface area contributed by atoms with Gasteiger partial charge in [0.15, 0.2) is 0 Å². The molecule has 49 heavy (non-hydrogen) atoms. The first kappa shape index (κ1) is 30.1. The maximum Gasteiger partial charge on any atom is 0.312 e. The molecular weight excluding hydrogens is 604 g/mol. The van der Waals surface area contributed by atoms with E-state index >= 15 is 0 Å².